The number of rotatable bonds is 2. The lowest BCUT2D eigenvalue weighted by molar-refractivity contribution is -0.132. The molecule has 0 atom stereocenters. The number of aldehydes is 1. The van der Waals surface area contributed by atoms with Crippen LogP contribution in [0.1, 0.15) is 26.2 Å². The Balaban J connectivity index is 2.39. The molecule has 1 fully saturated rings. The van der Waals surface area contributed by atoms with Gasteiger partial charge in [0.2, 0.25) is 0 Å². The van der Waals surface area contributed by atoms with Crippen LogP contribution < -0.4 is 0 Å². The normalized spacial score (nSPS) is 23.0. The fourth-order valence-corrected chi connectivity index (χ4v) is 1.25. The van der Waals surface area contributed by atoms with Gasteiger partial charge in [-0.2, -0.15) is 0 Å². The van der Waals surface area contributed by atoms with Crippen LogP contribution in [0.4, 0.5) is 0 Å². The molecule has 1 saturated carbocycles. The smallest absolute Gasteiger partial charge is 0.134 e. The summed E-state index contributed by atoms with van der Waals surface area (Å²) in [5, 5.41) is 0. The first-order chi connectivity index (χ1) is 4.16. The highest BCUT2D eigenvalue weighted by Crippen LogP contribution is 2.39. The van der Waals surface area contributed by atoms with Crippen molar-refractivity contribution in [2.24, 2.45) is 5.41 Å². The van der Waals surface area contributed by atoms with E-state index in [0.717, 1.165) is 6.29 Å². The summed E-state index contributed by atoms with van der Waals surface area (Å²) in [5.74, 6) is 0.291. The van der Waals surface area contributed by atoms with Crippen molar-refractivity contribution in [1.82, 2.24) is 0 Å². The zero-order valence-electron chi connectivity index (χ0n) is 5.52. The van der Waals surface area contributed by atoms with E-state index >= 15 is 0 Å². The lowest BCUT2D eigenvalue weighted by Crippen LogP contribution is -2.34. The minimum Gasteiger partial charge on any atom is -0.303 e. The van der Waals surface area contributed by atoms with E-state index in [0.29, 0.717) is 25.0 Å². The second-order valence-electron chi connectivity index (χ2n) is 3.07. The number of hydrogen-bond acceptors (Lipinski definition) is 2. The van der Waals surface area contributed by atoms with Crippen LogP contribution in [0.2, 0.25) is 0 Å². The van der Waals surface area contributed by atoms with Crippen LogP contribution >= 0.6 is 0 Å². The van der Waals surface area contributed by atoms with Gasteiger partial charge in [0.25, 0.3) is 0 Å². The van der Waals surface area contributed by atoms with Gasteiger partial charge in [-0.3, -0.25) is 4.79 Å². The highest BCUT2D eigenvalue weighted by Gasteiger charge is 2.38. The third-order valence-electron chi connectivity index (χ3n) is 1.82. The van der Waals surface area contributed by atoms with Gasteiger partial charge >= 0.3 is 0 Å². The van der Waals surface area contributed by atoms with Crippen LogP contribution in [0.3, 0.4) is 0 Å². The summed E-state index contributed by atoms with van der Waals surface area (Å²) >= 11 is 0. The molecule has 0 N–H and O–H groups in total. The van der Waals surface area contributed by atoms with E-state index < -0.39 is 0 Å². The Kier molecular flexibility index (Phi) is 1.39. The van der Waals surface area contributed by atoms with E-state index in [1.54, 1.807) is 0 Å². The minimum atomic E-state index is 0.0266. The van der Waals surface area contributed by atoms with Crippen LogP contribution in [0.25, 0.3) is 0 Å². The van der Waals surface area contributed by atoms with Gasteiger partial charge in [-0.05, 0) is 5.41 Å². The number of hydrogen-bond donors (Lipinski definition) is 0. The van der Waals surface area contributed by atoms with Gasteiger partial charge < -0.3 is 4.79 Å². The standard InChI is InChI=1S/C7H10O2/c1-7(2-3-8)4-6(9)5-7/h3H,2,4-5H2,1H3. The van der Waals surface area contributed by atoms with Gasteiger partial charge in [-0.25, -0.2) is 0 Å². The van der Waals surface area contributed by atoms with Crippen LogP contribution in [-0.2, 0) is 9.59 Å². The molecular weight excluding hydrogens is 116 g/mol. The summed E-state index contributed by atoms with van der Waals surface area (Å²) in [6.07, 6.45) is 2.64. The fourth-order valence-electron chi connectivity index (χ4n) is 1.25. The summed E-state index contributed by atoms with van der Waals surface area (Å²) in [6.45, 7) is 1.98. The number of carbonyl (C=O) groups is 2. The molecule has 9 heavy (non-hydrogen) atoms. The zero-order chi connectivity index (χ0) is 6.91. The summed E-state index contributed by atoms with van der Waals surface area (Å²) in [5.41, 5.74) is 0.0266. The number of carbonyl (C=O) groups excluding carboxylic acids is 2. The molecule has 0 aromatic heterocycles. The van der Waals surface area contributed by atoms with E-state index in [1.165, 1.54) is 0 Å². The van der Waals surface area contributed by atoms with E-state index in [2.05, 4.69) is 0 Å². The Morgan fingerprint density at radius 3 is 2.56 bits per heavy atom. The predicted octanol–water partition coefficient (Wildman–Crippen LogP) is 0.945. The first-order valence-electron chi connectivity index (χ1n) is 3.12. The molecule has 0 radical (unpaired) electrons. The van der Waals surface area contributed by atoms with E-state index in [1.807, 2.05) is 6.92 Å². The third kappa shape index (κ3) is 1.18. The van der Waals surface area contributed by atoms with E-state index in [9.17, 15) is 9.59 Å². The van der Waals surface area contributed by atoms with Gasteiger partial charge in [-0.1, -0.05) is 6.92 Å². The maximum absolute atomic E-state index is 10.5. The topological polar surface area (TPSA) is 34.1 Å². The highest BCUT2D eigenvalue weighted by molar-refractivity contribution is 5.86. The van der Waals surface area contributed by atoms with Crippen molar-refractivity contribution >= 4 is 12.1 Å². The zero-order valence-corrected chi connectivity index (χ0v) is 5.52. The number of ketones is 1. The minimum absolute atomic E-state index is 0.0266. The van der Waals surface area contributed by atoms with Crippen LogP contribution in [0.15, 0.2) is 0 Å². The maximum Gasteiger partial charge on any atom is 0.134 e. The maximum atomic E-state index is 10.5. The van der Waals surface area contributed by atoms with E-state index in [-0.39, 0.29) is 5.41 Å². The molecule has 0 aliphatic heterocycles. The molecule has 0 aromatic rings. The molecule has 0 saturated heterocycles. The van der Waals surface area contributed by atoms with Crippen molar-refractivity contribution in [3.63, 3.8) is 0 Å². The Morgan fingerprint density at radius 1 is 1.67 bits per heavy atom. The highest BCUT2D eigenvalue weighted by atomic mass is 16.1. The lowest BCUT2D eigenvalue weighted by Gasteiger charge is -2.34. The summed E-state index contributed by atoms with van der Waals surface area (Å²) < 4.78 is 0. The molecular formula is C7H10O2. The SMILES string of the molecule is CC1(CC=O)CC(=O)C1. The number of Topliss-reactive ketones (excluding diaryl/α,β-unsaturated/α-hetero) is 1. The predicted molar refractivity (Wildman–Crippen MR) is 33.0 cm³/mol. The molecule has 0 bridgehead atoms. The van der Waals surface area contributed by atoms with Crippen molar-refractivity contribution in [2.45, 2.75) is 26.2 Å². The molecule has 0 aromatic carbocycles. The summed E-state index contributed by atoms with van der Waals surface area (Å²) in [4.78, 5) is 20.5. The summed E-state index contributed by atoms with van der Waals surface area (Å²) in [6, 6.07) is 0. The lowest BCUT2D eigenvalue weighted by atomic mass is 9.68. The molecule has 0 heterocycles. The van der Waals surface area contributed by atoms with Gasteiger partial charge in [0.15, 0.2) is 0 Å². The van der Waals surface area contributed by atoms with Crippen LogP contribution in [0.5, 0.6) is 0 Å². The van der Waals surface area contributed by atoms with Crippen molar-refractivity contribution < 1.29 is 9.59 Å². The van der Waals surface area contributed by atoms with Crippen molar-refractivity contribution in [2.75, 3.05) is 0 Å². The first-order valence-corrected chi connectivity index (χ1v) is 3.12. The average Bonchev–Trinajstić information content (AvgIpc) is 1.62. The van der Waals surface area contributed by atoms with E-state index in [4.69, 9.17) is 0 Å². The summed E-state index contributed by atoms with van der Waals surface area (Å²) in [7, 11) is 0. The molecule has 0 amide bonds. The van der Waals surface area contributed by atoms with Gasteiger partial charge in [0, 0.05) is 19.3 Å². The first kappa shape index (κ1) is 6.46. The quantitative estimate of drug-likeness (QED) is 0.516. The van der Waals surface area contributed by atoms with Crippen LogP contribution in [0, 0.1) is 5.41 Å². The van der Waals surface area contributed by atoms with Gasteiger partial charge in [-0.15, -0.1) is 0 Å². The van der Waals surface area contributed by atoms with Gasteiger partial charge in [0.05, 0.1) is 0 Å². The molecule has 2 nitrogen and oxygen atoms in total. The van der Waals surface area contributed by atoms with Crippen molar-refractivity contribution in [3.8, 4) is 0 Å². The molecule has 0 unspecified atom stereocenters. The van der Waals surface area contributed by atoms with Crippen LogP contribution in [-0.4, -0.2) is 12.1 Å². The third-order valence-corrected chi connectivity index (χ3v) is 1.82. The molecule has 0 spiro atoms. The second kappa shape index (κ2) is 1.94. The average molecular weight is 126 g/mol. The van der Waals surface area contributed by atoms with Gasteiger partial charge in [0.1, 0.15) is 12.1 Å². The second-order valence-corrected chi connectivity index (χ2v) is 3.07. The fraction of sp³-hybridized carbons (Fsp3) is 0.714. The Hall–Kier alpha value is -0.660. The molecule has 1 aliphatic rings. The molecule has 2 heteroatoms. The van der Waals surface area contributed by atoms with Crippen molar-refractivity contribution in [1.29, 1.82) is 0 Å². The Bertz CT molecular complexity index is 135. The molecule has 1 aliphatic carbocycles. The Labute approximate surface area is 54.2 Å². The monoisotopic (exact) mass is 126 g/mol. The van der Waals surface area contributed by atoms with Crippen molar-refractivity contribution in [3.05, 3.63) is 0 Å². The largest absolute Gasteiger partial charge is 0.303 e. The molecule has 1 rings (SSSR count). The Morgan fingerprint density at radius 2 is 2.22 bits per heavy atom. The molecule has 50 valence electrons.